The van der Waals surface area contributed by atoms with Crippen molar-refractivity contribution in [1.82, 2.24) is 14.8 Å². The molecule has 2 aliphatic heterocycles. The molecule has 0 unspecified atom stereocenters. The summed E-state index contributed by atoms with van der Waals surface area (Å²) in [5, 5.41) is 0.901. The van der Waals surface area contributed by atoms with Crippen LogP contribution in [0.15, 0.2) is 42.5 Å². The van der Waals surface area contributed by atoms with Crippen molar-refractivity contribution in [3.05, 3.63) is 64.8 Å². The topological polar surface area (TPSA) is 89.0 Å². The zero-order valence-corrected chi connectivity index (χ0v) is 23.7. The van der Waals surface area contributed by atoms with Crippen LogP contribution in [-0.4, -0.2) is 64.5 Å². The Morgan fingerprint density at radius 1 is 1.10 bits per heavy atom. The third-order valence-electron chi connectivity index (χ3n) is 7.60. The number of carbonyl (C=O) groups excluding carboxylic acids is 3. The summed E-state index contributed by atoms with van der Waals surface area (Å²) < 4.78 is 11.3. The van der Waals surface area contributed by atoms with Gasteiger partial charge in [-0.25, -0.2) is 9.78 Å². The maximum absolute atomic E-state index is 13.3. The summed E-state index contributed by atoms with van der Waals surface area (Å²) in [6.07, 6.45) is 2.77. The van der Waals surface area contributed by atoms with Crippen molar-refractivity contribution < 1.29 is 23.9 Å². The summed E-state index contributed by atoms with van der Waals surface area (Å²) in [6, 6.07) is 14.1. The van der Waals surface area contributed by atoms with Crippen LogP contribution in [0.3, 0.4) is 0 Å². The number of benzene rings is 2. The Balaban J connectivity index is 1.53. The Labute approximate surface area is 235 Å². The first-order chi connectivity index (χ1) is 19.1. The fourth-order valence-electron chi connectivity index (χ4n) is 5.54. The van der Waals surface area contributed by atoms with Crippen molar-refractivity contribution in [2.24, 2.45) is 0 Å². The number of aromatic nitrogens is 1. The highest BCUT2D eigenvalue weighted by atomic mass is 16.6. The minimum absolute atomic E-state index is 0.0270. The molecule has 2 aliphatic rings. The van der Waals surface area contributed by atoms with Crippen LogP contribution in [0.25, 0.3) is 22.0 Å². The van der Waals surface area contributed by atoms with Gasteiger partial charge in [-0.2, -0.15) is 0 Å². The molecule has 1 saturated heterocycles. The number of amides is 2. The fraction of sp³-hybridized carbons (Fsp3) is 0.438. The quantitative estimate of drug-likeness (QED) is 0.393. The number of carbonyl (C=O) groups is 3. The number of rotatable bonds is 5. The minimum atomic E-state index is -0.601. The summed E-state index contributed by atoms with van der Waals surface area (Å²) in [5.74, 6) is 0.0670. The van der Waals surface area contributed by atoms with Gasteiger partial charge < -0.3 is 19.3 Å². The molecule has 1 fully saturated rings. The molecule has 0 radical (unpaired) electrons. The monoisotopic (exact) mass is 543 g/mol. The van der Waals surface area contributed by atoms with E-state index >= 15 is 0 Å². The maximum atomic E-state index is 13.3. The van der Waals surface area contributed by atoms with Crippen molar-refractivity contribution in [2.45, 2.75) is 71.7 Å². The molecule has 2 aromatic carbocycles. The first-order valence-electron chi connectivity index (χ1n) is 14.0. The van der Waals surface area contributed by atoms with Crippen LogP contribution >= 0.6 is 0 Å². The zero-order valence-electron chi connectivity index (χ0n) is 23.7. The lowest BCUT2D eigenvalue weighted by molar-refractivity contribution is -0.129. The number of pyridine rings is 1. The standard InChI is InChI=1S/C32H37N3O5/c1-21(37)34-12-9-23-6-7-24(16-25(23)19-34)28-17-26(20-36)33-30-8-5-22(15-29(28)30)18-35(27-10-13-39-14-11-27)31(38)40-32(2,3)4/h5-8,15-17,20,27H,9-14,18-19H2,1-4H3. The third kappa shape index (κ3) is 6.17. The second-order valence-corrected chi connectivity index (χ2v) is 11.7. The SMILES string of the molecule is CC(=O)N1CCc2ccc(-c3cc(C=O)nc4ccc(CN(C(=O)OC(C)(C)C)C5CCOCC5)cc34)cc2C1. The van der Waals surface area contributed by atoms with E-state index in [1.54, 1.807) is 6.92 Å². The second-order valence-electron chi connectivity index (χ2n) is 11.7. The molecule has 3 heterocycles. The number of aldehydes is 1. The normalized spacial score (nSPS) is 15.9. The molecule has 2 amide bonds. The number of hydrogen-bond acceptors (Lipinski definition) is 6. The van der Waals surface area contributed by atoms with E-state index in [1.807, 2.05) is 48.8 Å². The number of ether oxygens (including phenoxy) is 2. The van der Waals surface area contributed by atoms with E-state index in [4.69, 9.17) is 9.47 Å². The highest BCUT2D eigenvalue weighted by Gasteiger charge is 2.30. The van der Waals surface area contributed by atoms with Crippen molar-refractivity contribution in [3.8, 4) is 11.1 Å². The van der Waals surface area contributed by atoms with Crippen LogP contribution in [0, 0.1) is 0 Å². The summed E-state index contributed by atoms with van der Waals surface area (Å²) in [4.78, 5) is 45.3. The van der Waals surface area contributed by atoms with Crippen LogP contribution in [0.4, 0.5) is 4.79 Å². The molecule has 1 aromatic heterocycles. The van der Waals surface area contributed by atoms with E-state index in [1.165, 1.54) is 5.56 Å². The van der Waals surface area contributed by atoms with Crippen LogP contribution in [-0.2, 0) is 33.8 Å². The summed E-state index contributed by atoms with van der Waals surface area (Å²) in [5.41, 5.74) is 5.63. The molecule has 0 saturated carbocycles. The highest BCUT2D eigenvalue weighted by molar-refractivity contribution is 5.97. The van der Waals surface area contributed by atoms with E-state index in [9.17, 15) is 14.4 Å². The van der Waals surface area contributed by atoms with Gasteiger partial charge in [-0.1, -0.05) is 18.2 Å². The smallest absolute Gasteiger partial charge is 0.410 e. The Kier molecular flexibility index (Phi) is 7.90. The third-order valence-corrected chi connectivity index (χ3v) is 7.60. The second kappa shape index (κ2) is 11.4. The van der Waals surface area contributed by atoms with E-state index in [-0.39, 0.29) is 18.0 Å². The summed E-state index contributed by atoms with van der Waals surface area (Å²) in [7, 11) is 0. The van der Waals surface area contributed by atoms with Gasteiger partial charge in [-0.15, -0.1) is 0 Å². The molecule has 8 nitrogen and oxygen atoms in total. The molecule has 0 N–H and O–H groups in total. The van der Waals surface area contributed by atoms with Crippen molar-refractivity contribution in [1.29, 1.82) is 0 Å². The van der Waals surface area contributed by atoms with Gasteiger partial charge in [0.05, 0.1) is 5.52 Å². The lowest BCUT2D eigenvalue weighted by Gasteiger charge is -2.35. The average Bonchev–Trinajstić information content (AvgIpc) is 2.94. The average molecular weight is 544 g/mol. The van der Waals surface area contributed by atoms with Crippen molar-refractivity contribution >= 4 is 29.2 Å². The largest absolute Gasteiger partial charge is 0.444 e. The predicted octanol–water partition coefficient (Wildman–Crippen LogP) is 5.54. The predicted molar refractivity (Wildman–Crippen MR) is 153 cm³/mol. The number of nitrogens with zero attached hydrogens (tertiary/aromatic N) is 3. The molecule has 40 heavy (non-hydrogen) atoms. The number of fused-ring (bicyclic) bond motifs is 2. The molecule has 0 bridgehead atoms. The first kappa shape index (κ1) is 27.8. The lowest BCUT2D eigenvalue weighted by Crippen LogP contribution is -2.45. The Hall–Kier alpha value is -3.78. The molecule has 0 atom stereocenters. The van der Waals surface area contributed by atoms with Crippen LogP contribution in [0.5, 0.6) is 0 Å². The zero-order chi connectivity index (χ0) is 28.4. The van der Waals surface area contributed by atoms with Gasteiger partial charge >= 0.3 is 6.09 Å². The molecule has 5 rings (SSSR count). The molecule has 8 heteroatoms. The van der Waals surface area contributed by atoms with Gasteiger partial charge in [0.25, 0.3) is 0 Å². The van der Waals surface area contributed by atoms with E-state index < -0.39 is 5.60 Å². The van der Waals surface area contributed by atoms with Gasteiger partial charge in [-0.05, 0) is 92.1 Å². The highest BCUT2D eigenvalue weighted by Crippen LogP contribution is 2.33. The van der Waals surface area contributed by atoms with Crippen LogP contribution in [0.2, 0.25) is 0 Å². The molecule has 210 valence electrons. The Morgan fingerprint density at radius 2 is 1.88 bits per heavy atom. The summed E-state index contributed by atoms with van der Waals surface area (Å²) in [6.45, 7) is 10.1. The van der Waals surface area contributed by atoms with Gasteiger partial charge in [0.1, 0.15) is 11.3 Å². The fourth-order valence-corrected chi connectivity index (χ4v) is 5.54. The van der Waals surface area contributed by atoms with Crippen LogP contribution in [0.1, 0.15) is 67.7 Å². The molecule has 0 spiro atoms. The van der Waals surface area contributed by atoms with Crippen molar-refractivity contribution in [3.63, 3.8) is 0 Å². The lowest BCUT2D eigenvalue weighted by atomic mass is 9.92. The van der Waals surface area contributed by atoms with Gasteiger partial charge in [0.2, 0.25) is 5.91 Å². The first-order valence-corrected chi connectivity index (χ1v) is 14.0. The van der Waals surface area contributed by atoms with E-state index in [2.05, 4.69) is 29.2 Å². The van der Waals surface area contributed by atoms with Gasteiger partial charge in [0.15, 0.2) is 6.29 Å². The Bertz CT molecular complexity index is 1440. The van der Waals surface area contributed by atoms with E-state index in [0.717, 1.165) is 59.7 Å². The Morgan fingerprint density at radius 3 is 2.58 bits per heavy atom. The van der Waals surface area contributed by atoms with Crippen molar-refractivity contribution in [2.75, 3.05) is 19.8 Å². The van der Waals surface area contributed by atoms with Gasteiger partial charge in [-0.3, -0.25) is 9.59 Å². The summed E-state index contributed by atoms with van der Waals surface area (Å²) >= 11 is 0. The molecular formula is C32H37N3O5. The van der Waals surface area contributed by atoms with E-state index in [0.29, 0.717) is 37.5 Å². The van der Waals surface area contributed by atoms with Crippen LogP contribution < -0.4 is 0 Å². The van der Waals surface area contributed by atoms with Gasteiger partial charge in [0, 0.05) is 51.2 Å². The molecular weight excluding hydrogens is 506 g/mol. The maximum Gasteiger partial charge on any atom is 0.410 e. The molecule has 3 aromatic rings. The minimum Gasteiger partial charge on any atom is -0.444 e. The molecule has 0 aliphatic carbocycles. The number of hydrogen-bond donors (Lipinski definition) is 0.